The molecule has 0 unspecified atom stereocenters. The molecule has 0 aromatic carbocycles. The largest absolute Gasteiger partial charge is 0.478 e. The fraction of sp³-hybridized carbons (Fsp3) is 0.448. The molecule has 486 valence electrons. The molecule has 89 heavy (non-hydrogen) atoms. The zero-order chi connectivity index (χ0) is 65.7. The molecular weight excluding hydrogens is 1210 g/mol. The number of carbonyl (C=O) groups excluding carboxylic acids is 4. The highest BCUT2D eigenvalue weighted by molar-refractivity contribution is 7.16. The van der Waals surface area contributed by atoms with E-state index in [-0.39, 0.29) is 52.1 Å². The van der Waals surface area contributed by atoms with Crippen LogP contribution in [-0.2, 0) is 45.0 Å². The van der Waals surface area contributed by atoms with Crippen LogP contribution >= 0.6 is 34.0 Å². The van der Waals surface area contributed by atoms with Crippen LogP contribution in [-0.4, -0.2) is 128 Å². The Morgan fingerprint density at radius 1 is 0.697 bits per heavy atom. The summed E-state index contributed by atoms with van der Waals surface area (Å²) in [7, 11) is 0. The van der Waals surface area contributed by atoms with Crippen molar-refractivity contribution in [1.29, 1.82) is 0 Å². The number of terminal acetylenes is 1. The first-order chi connectivity index (χ1) is 42.1. The van der Waals surface area contributed by atoms with Gasteiger partial charge in [-0.15, -0.1) is 67.1 Å². The third-order valence-electron chi connectivity index (χ3n) is 11.2. The number of thiazole rings is 3. The van der Waals surface area contributed by atoms with Gasteiger partial charge in [-0.25, -0.2) is 29.7 Å². The second kappa shape index (κ2) is 49.1. The second-order valence-corrected chi connectivity index (χ2v) is 21.2. The molecule has 6 aromatic rings. The van der Waals surface area contributed by atoms with E-state index in [0.29, 0.717) is 65.0 Å². The molecule has 0 bridgehead atoms. The summed E-state index contributed by atoms with van der Waals surface area (Å²) >= 11 is 4.24. The monoisotopic (exact) mass is 1300 g/mol. The lowest BCUT2D eigenvalue weighted by molar-refractivity contribution is -0.757. The number of ether oxygens (including phenoxy) is 1. The number of aliphatic hydroxyl groups is 2. The molecular formula is C58H81N13O15S3. The van der Waals surface area contributed by atoms with E-state index >= 15 is 0 Å². The number of carboxylic acids is 1. The fourth-order valence-corrected chi connectivity index (χ4v) is 10.1. The number of aromatic nitrogens is 6. The predicted molar refractivity (Wildman–Crippen MR) is 340 cm³/mol. The molecule has 0 saturated heterocycles. The van der Waals surface area contributed by atoms with E-state index in [2.05, 4.69) is 72.5 Å². The molecule has 0 spiro atoms. The average molecular weight is 1300 g/mol. The van der Waals surface area contributed by atoms with Crippen LogP contribution < -0.4 is 16.4 Å². The maximum atomic E-state index is 11.9. The number of nitrogens with one attached hydrogen (secondary N) is 2. The van der Waals surface area contributed by atoms with E-state index in [4.69, 9.17) is 37.7 Å². The zero-order valence-corrected chi connectivity index (χ0v) is 51.2. The van der Waals surface area contributed by atoms with Crippen molar-refractivity contribution >= 4 is 80.0 Å². The number of aliphatic imine (C=N–C) groups is 2. The molecule has 2 aliphatic carbocycles. The summed E-state index contributed by atoms with van der Waals surface area (Å²) in [5.41, 5.74) is 9.13. The number of anilines is 2. The molecule has 2 saturated carbocycles. The minimum absolute atomic E-state index is 0. The van der Waals surface area contributed by atoms with E-state index in [1.807, 2.05) is 13.8 Å². The van der Waals surface area contributed by atoms with Crippen LogP contribution in [0, 0.1) is 53.8 Å². The van der Waals surface area contributed by atoms with Crippen molar-refractivity contribution in [2.24, 2.45) is 15.7 Å². The lowest BCUT2D eigenvalue weighted by atomic mass is 9.96. The number of pyridine rings is 3. The Kier molecular flexibility index (Phi) is 44.2. The van der Waals surface area contributed by atoms with Crippen LogP contribution in [0.15, 0.2) is 83.6 Å². The van der Waals surface area contributed by atoms with E-state index in [1.165, 1.54) is 138 Å². The van der Waals surface area contributed by atoms with Crippen LogP contribution in [0.3, 0.4) is 0 Å². The number of rotatable bonds is 16. The quantitative estimate of drug-likeness (QED) is 0.0118. The van der Waals surface area contributed by atoms with Gasteiger partial charge in [-0.3, -0.25) is 44.8 Å². The number of nitrogens with zero attached hydrogens (tertiary/aromatic N) is 10. The van der Waals surface area contributed by atoms with Gasteiger partial charge in [0.1, 0.15) is 13.0 Å². The van der Waals surface area contributed by atoms with Gasteiger partial charge < -0.3 is 35.8 Å². The van der Waals surface area contributed by atoms with Gasteiger partial charge in [0, 0.05) is 105 Å². The number of carboxylic acid groups (broad SMARTS) is 1. The Morgan fingerprint density at radius 3 is 1.37 bits per heavy atom. The molecule has 0 atom stereocenters. The molecule has 0 aliphatic heterocycles. The number of hydrogen-bond acceptors (Lipinski definition) is 25. The second-order valence-electron chi connectivity index (χ2n) is 17.8. The Morgan fingerprint density at radius 2 is 1.07 bits per heavy atom. The van der Waals surface area contributed by atoms with Gasteiger partial charge >= 0.3 is 17.9 Å². The van der Waals surface area contributed by atoms with Gasteiger partial charge in [0.2, 0.25) is 0 Å². The highest BCUT2D eigenvalue weighted by atomic mass is 32.1. The maximum absolute atomic E-state index is 11.9. The van der Waals surface area contributed by atoms with Crippen LogP contribution in [0.5, 0.6) is 0 Å². The highest BCUT2D eigenvalue weighted by Gasteiger charge is 2.15. The number of esters is 2. The molecule has 6 heterocycles. The van der Waals surface area contributed by atoms with Crippen LogP contribution in [0.4, 0.5) is 10.3 Å². The Labute approximate surface area is 530 Å². The van der Waals surface area contributed by atoms with Gasteiger partial charge in [-0.2, -0.15) is 0 Å². The van der Waals surface area contributed by atoms with E-state index < -0.39 is 28.1 Å². The number of carbonyl (C=O) groups is 5. The lowest BCUT2D eigenvalue weighted by Crippen LogP contribution is -2.11. The molecule has 2 aliphatic rings. The van der Waals surface area contributed by atoms with E-state index in [9.17, 15) is 34.1 Å². The highest BCUT2D eigenvalue weighted by Crippen LogP contribution is 2.25. The molecule has 0 radical (unpaired) electrons. The Hall–Kier alpha value is -8.89. The Bertz CT molecular complexity index is 3100. The van der Waals surface area contributed by atoms with Crippen LogP contribution in [0.25, 0.3) is 0 Å². The van der Waals surface area contributed by atoms with Crippen LogP contribution in [0.2, 0.25) is 0 Å². The van der Waals surface area contributed by atoms with Gasteiger partial charge in [0.25, 0.3) is 22.0 Å². The maximum Gasteiger partial charge on any atom is 0.337 e. The molecule has 2 fully saturated rings. The number of aromatic carboxylic acids is 1. The SMILES string of the molecule is C.C.C(=NC1CCCCC1)=NC1CCCCC1.CC(=O)OC(C)=O.Cc1nc(CN)sc1CCO.Cc1nc(NC(=O)c2cccnc2)sc1CCO.Cc1nc(NC(=O)c2cccnc2)sc1CCO[N+](=O)[O-].O=C(O)c1cccnc1.O=[N+]([O-])O.[2H]C#C. The molecule has 31 heteroatoms. The summed E-state index contributed by atoms with van der Waals surface area (Å²) in [5, 5.41) is 56.1. The van der Waals surface area contributed by atoms with Crippen molar-refractivity contribution in [3.63, 3.8) is 0 Å². The first kappa shape index (κ1) is 80.1. The molecule has 28 nitrogen and oxygen atoms in total. The minimum atomic E-state index is -1.50. The molecule has 8 rings (SSSR count). The van der Waals surface area contributed by atoms with Crippen molar-refractivity contribution in [3.8, 4) is 12.8 Å². The van der Waals surface area contributed by atoms with Gasteiger partial charge in [0.05, 0.1) is 51.9 Å². The first-order valence-corrected chi connectivity index (χ1v) is 29.2. The number of amides is 2. The normalized spacial score (nSPS) is 11.8. The summed E-state index contributed by atoms with van der Waals surface area (Å²) < 4.78 is 9.71. The number of nitrogens with two attached hydrogens (primary N) is 1. The van der Waals surface area contributed by atoms with Crippen molar-refractivity contribution in [1.82, 2.24) is 29.9 Å². The number of aryl methyl sites for hydroxylation is 3. The van der Waals surface area contributed by atoms with Crippen LogP contribution in [0.1, 0.15) is 162 Å². The number of hydrogen-bond donors (Lipinski definition) is 7. The lowest BCUT2D eigenvalue weighted by Gasteiger charge is -2.17. The summed E-state index contributed by atoms with van der Waals surface area (Å²) in [6.07, 6.45) is 29.6. The van der Waals surface area contributed by atoms with Crippen molar-refractivity contribution < 1.29 is 65.6 Å². The molecule has 8 N–H and O–H groups in total. The molecule has 2 amide bonds. The van der Waals surface area contributed by atoms with E-state index in [0.717, 1.165) is 31.0 Å². The standard InChI is InChI=1S/C13H22N2.C12H12N4O4S.C12H13N3O2S.C7H12N2OS.C6H5NO2.C4H6O3.C2H2.2CH4.HNO3/c1-3-7-12(8-4-1)14-11-15-13-9-5-2-6-10-13;1-8-10(4-6-20-16(18)19)21-12(14-8)15-11(17)9-3-2-5-13-7-9;1-8-10(4-6-16)18-12(14-8)15-11(17)9-3-2-5-13-7-9;1-5-6(2-3-10)11-7(4-8)9-5;8-6(9)5-2-1-3-7-4-5;1-3(5)7-4(2)6;1-2;;;2-1(3)4/h12-13H,1-10H2;2-3,5,7H,4,6H2,1H3,(H,14,15,17);2-3,5,7,16H,4,6H2,1H3,(H,14,15,17);10H,2-4,8H2,1H3;1-4H,(H,8,9);1-2H3;1-2H;2*1H4;(H,2,3,4)/i;;;;;;1D;;;. The van der Waals surface area contributed by atoms with Crippen molar-refractivity contribution in [3.05, 3.63) is 147 Å². The van der Waals surface area contributed by atoms with Crippen molar-refractivity contribution in [2.75, 3.05) is 30.5 Å². The van der Waals surface area contributed by atoms with E-state index in [1.54, 1.807) is 61.0 Å². The Balaban J connectivity index is 0. The minimum Gasteiger partial charge on any atom is -0.478 e. The first-order valence-electron chi connectivity index (χ1n) is 27.2. The smallest absolute Gasteiger partial charge is 0.337 e. The zero-order valence-electron chi connectivity index (χ0n) is 49.7. The van der Waals surface area contributed by atoms with Gasteiger partial charge in [-0.05, 0) is 82.9 Å². The summed E-state index contributed by atoms with van der Waals surface area (Å²) in [4.78, 5) is 112. The predicted octanol–water partition coefficient (Wildman–Crippen LogP) is 9.80. The average Bonchev–Trinajstić information content (AvgIpc) is 2.79. The van der Waals surface area contributed by atoms with Crippen molar-refractivity contribution in [2.45, 2.75) is 152 Å². The molecule has 6 aromatic heterocycles. The fourth-order valence-electron chi connectivity index (χ4n) is 7.29. The summed E-state index contributed by atoms with van der Waals surface area (Å²) in [5.74, 6) is -2.60. The summed E-state index contributed by atoms with van der Waals surface area (Å²) in [6.45, 7) is 8.68. The third kappa shape index (κ3) is 38.1. The third-order valence-corrected chi connectivity index (χ3v) is 14.7. The topological polar surface area (TPSA) is 423 Å². The number of aliphatic hydroxyl groups excluding tert-OH is 2. The summed E-state index contributed by atoms with van der Waals surface area (Å²) in [6, 6.07) is 13.8. The van der Waals surface area contributed by atoms with Gasteiger partial charge in [0.15, 0.2) is 10.3 Å². The van der Waals surface area contributed by atoms with Gasteiger partial charge in [-0.1, -0.05) is 53.4 Å².